The monoisotopic (exact) mass is 440 g/mol. The first-order chi connectivity index (χ1) is 13.7. The van der Waals surface area contributed by atoms with Crippen molar-refractivity contribution in [2.75, 3.05) is 20.2 Å². The van der Waals surface area contributed by atoms with Crippen LogP contribution >= 0.6 is 11.3 Å². The van der Waals surface area contributed by atoms with Crippen LogP contribution in [-0.2, 0) is 10.0 Å². The highest BCUT2D eigenvalue weighted by Crippen LogP contribution is 2.31. The molecule has 0 unspecified atom stereocenters. The summed E-state index contributed by atoms with van der Waals surface area (Å²) < 4.78 is 32.1. The van der Waals surface area contributed by atoms with Crippen molar-refractivity contribution in [2.45, 2.75) is 30.7 Å². The number of nitrogens with zero attached hydrogens (tertiary/aromatic N) is 3. The highest BCUT2D eigenvalue weighted by atomic mass is 32.2. The van der Waals surface area contributed by atoms with Crippen molar-refractivity contribution in [2.24, 2.45) is 0 Å². The van der Waals surface area contributed by atoms with Gasteiger partial charge in [-0.25, -0.2) is 13.4 Å². The van der Waals surface area contributed by atoms with Crippen molar-refractivity contribution in [3.8, 4) is 5.75 Å². The number of carbonyl (C=O) groups is 1. The molecule has 1 aliphatic heterocycles. The molecule has 0 bridgehead atoms. The second-order valence-electron chi connectivity index (χ2n) is 6.51. The van der Waals surface area contributed by atoms with Gasteiger partial charge in [-0.3, -0.25) is 14.9 Å². The lowest BCUT2D eigenvalue weighted by molar-refractivity contribution is -0.387. The summed E-state index contributed by atoms with van der Waals surface area (Å²) in [6, 6.07) is 3.48. The topological polar surface area (TPSA) is 132 Å². The smallest absolute Gasteiger partial charge is 0.293 e. The van der Waals surface area contributed by atoms with Gasteiger partial charge in [-0.2, -0.15) is 4.31 Å². The number of aryl methyl sites for hydroxylation is 1. The zero-order valence-corrected chi connectivity index (χ0v) is 17.5. The van der Waals surface area contributed by atoms with Crippen molar-refractivity contribution in [3.63, 3.8) is 0 Å². The second kappa shape index (κ2) is 8.43. The number of hydrogen-bond donors (Lipinski definition) is 1. The summed E-state index contributed by atoms with van der Waals surface area (Å²) in [5.74, 6) is -0.0208. The molecule has 0 spiro atoms. The summed E-state index contributed by atoms with van der Waals surface area (Å²) in [6.07, 6.45) is 0.819. The second-order valence-corrected chi connectivity index (χ2v) is 9.27. The van der Waals surface area contributed by atoms with Crippen LogP contribution < -0.4 is 10.1 Å². The Labute approximate surface area is 171 Å². The number of ether oxygens (including phenoxy) is 1. The van der Waals surface area contributed by atoms with Gasteiger partial charge in [0.15, 0.2) is 4.90 Å². The summed E-state index contributed by atoms with van der Waals surface area (Å²) in [6.45, 7) is 2.05. The van der Waals surface area contributed by atoms with E-state index < -0.39 is 20.6 Å². The Morgan fingerprint density at radius 3 is 2.62 bits per heavy atom. The molecule has 1 saturated heterocycles. The third-order valence-corrected chi connectivity index (χ3v) is 7.59. The minimum atomic E-state index is -4.05. The number of carbonyl (C=O) groups excluding carboxylic acids is 1. The molecule has 0 atom stereocenters. The molecular formula is C17H20N4O6S2. The molecule has 10 nitrogen and oxygen atoms in total. The zero-order valence-electron chi connectivity index (χ0n) is 15.8. The number of nitro groups is 1. The van der Waals surface area contributed by atoms with E-state index in [4.69, 9.17) is 4.74 Å². The SMILES string of the molecule is COc1ccc(S(=O)(=O)N2CCC(NC(=O)c3scnc3C)CC2)c([N+](=O)[O-])c1. The van der Waals surface area contributed by atoms with E-state index in [2.05, 4.69) is 10.3 Å². The van der Waals surface area contributed by atoms with Crippen molar-refractivity contribution in [3.05, 3.63) is 44.4 Å². The number of benzene rings is 1. The zero-order chi connectivity index (χ0) is 21.2. The number of nitro benzene ring substituents is 1. The highest BCUT2D eigenvalue weighted by molar-refractivity contribution is 7.89. The molecule has 29 heavy (non-hydrogen) atoms. The van der Waals surface area contributed by atoms with Crippen LogP contribution in [0.4, 0.5) is 5.69 Å². The molecule has 1 N–H and O–H groups in total. The van der Waals surface area contributed by atoms with Gasteiger partial charge >= 0.3 is 0 Å². The first kappa shape index (κ1) is 21.1. The number of methoxy groups -OCH3 is 1. The largest absolute Gasteiger partial charge is 0.497 e. The van der Waals surface area contributed by atoms with Gasteiger partial charge in [0.1, 0.15) is 10.6 Å². The molecule has 3 rings (SSSR count). The molecule has 1 amide bonds. The van der Waals surface area contributed by atoms with E-state index in [1.807, 2.05) is 0 Å². The standard InChI is InChI=1S/C17H20N4O6S2/c1-11-16(28-10-18-11)17(22)19-12-5-7-20(8-6-12)29(25,26)15-4-3-13(27-2)9-14(15)21(23)24/h3-4,9-10,12H,5-8H2,1-2H3,(H,19,22). The van der Waals surface area contributed by atoms with Gasteiger partial charge < -0.3 is 10.1 Å². The lowest BCUT2D eigenvalue weighted by atomic mass is 10.1. The van der Waals surface area contributed by atoms with E-state index >= 15 is 0 Å². The van der Waals surface area contributed by atoms with Crippen LogP contribution in [0, 0.1) is 17.0 Å². The number of amides is 1. The predicted molar refractivity (Wildman–Crippen MR) is 106 cm³/mol. The van der Waals surface area contributed by atoms with Crippen molar-refractivity contribution < 1.29 is 22.9 Å². The Morgan fingerprint density at radius 2 is 2.07 bits per heavy atom. The van der Waals surface area contributed by atoms with Crippen molar-refractivity contribution in [1.29, 1.82) is 0 Å². The number of nitrogens with one attached hydrogen (secondary N) is 1. The summed E-state index contributed by atoms with van der Waals surface area (Å²) in [7, 11) is -2.70. The van der Waals surface area contributed by atoms with Gasteiger partial charge in [-0.05, 0) is 31.9 Å². The molecule has 1 fully saturated rings. The first-order valence-electron chi connectivity index (χ1n) is 8.77. The average molecular weight is 441 g/mol. The molecule has 156 valence electrons. The van der Waals surface area contributed by atoms with Gasteiger partial charge in [0, 0.05) is 19.1 Å². The van der Waals surface area contributed by atoms with E-state index in [9.17, 15) is 23.3 Å². The van der Waals surface area contributed by atoms with Crippen LogP contribution in [0.3, 0.4) is 0 Å². The molecule has 1 aromatic heterocycles. The molecule has 0 aliphatic carbocycles. The maximum absolute atomic E-state index is 13.0. The highest BCUT2D eigenvalue weighted by Gasteiger charge is 2.35. The van der Waals surface area contributed by atoms with E-state index in [-0.39, 0.29) is 35.7 Å². The van der Waals surface area contributed by atoms with Gasteiger partial charge in [0.2, 0.25) is 10.0 Å². The van der Waals surface area contributed by atoms with E-state index in [0.29, 0.717) is 23.4 Å². The summed E-state index contributed by atoms with van der Waals surface area (Å²) in [5, 5.41) is 14.3. The number of thiazole rings is 1. The molecule has 12 heteroatoms. The van der Waals surface area contributed by atoms with Gasteiger partial charge in [-0.1, -0.05) is 0 Å². The van der Waals surface area contributed by atoms with Crippen molar-refractivity contribution in [1.82, 2.24) is 14.6 Å². The summed E-state index contributed by atoms with van der Waals surface area (Å²) >= 11 is 1.25. The summed E-state index contributed by atoms with van der Waals surface area (Å²) in [4.78, 5) is 27.1. The average Bonchev–Trinajstić information content (AvgIpc) is 3.14. The van der Waals surface area contributed by atoms with Gasteiger partial charge in [0.25, 0.3) is 11.6 Å². The summed E-state index contributed by atoms with van der Waals surface area (Å²) in [5.41, 5.74) is 1.72. The van der Waals surface area contributed by atoms with Crippen LogP contribution in [0.2, 0.25) is 0 Å². The normalized spacial score (nSPS) is 15.8. The number of sulfonamides is 1. The number of piperidine rings is 1. The molecule has 0 saturated carbocycles. The first-order valence-corrected chi connectivity index (χ1v) is 11.1. The quantitative estimate of drug-likeness (QED) is 0.536. The Balaban J connectivity index is 1.71. The molecular weight excluding hydrogens is 420 g/mol. The fourth-order valence-electron chi connectivity index (χ4n) is 3.14. The third kappa shape index (κ3) is 4.38. The molecule has 2 heterocycles. The van der Waals surface area contributed by atoms with Crippen LogP contribution in [0.5, 0.6) is 5.75 Å². The molecule has 0 radical (unpaired) electrons. The lowest BCUT2D eigenvalue weighted by Gasteiger charge is -2.31. The van der Waals surface area contributed by atoms with Gasteiger partial charge in [0.05, 0.1) is 29.3 Å². The minimum absolute atomic E-state index is 0.151. The maximum Gasteiger partial charge on any atom is 0.293 e. The van der Waals surface area contributed by atoms with E-state index in [0.717, 1.165) is 6.07 Å². The maximum atomic E-state index is 13.0. The Bertz CT molecular complexity index is 1030. The van der Waals surface area contributed by atoms with Crippen LogP contribution in [0.1, 0.15) is 28.2 Å². The Morgan fingerprint density at radius 1 is 1.38 bits per heavy atom. The van der Waals surface area contributed by atoms with E-state index in [1.165, 1.54) is 34.9 Å². The third-order valence-electron chi connectivity index (χ3n) is 4.72. The molecule has 1 aromatic carbocycles. The van der Waals surface area contributed by atoms with Crippen LogP contribution in [0.15, 0.2) is 28.6 Å². The van der Waals surface area contributed by atoms with Crippen LogP contribution in [0.25, 0.3) is 0 Å². The lowest BCUT2D eigenvalue weighted by Crippen LogP contribution is -2.46. The minimum Gasteiger partial charge on any atom is -0.497 e. The molecule has 2 aromatic rings. The fourth-order valence-corrected chi connectivity index (χ4v) is 5.45. The number of rotatable bonds is 6. The Kier molecular flexibility index (Phi) is 6.15. The van der Waals surface area contributed by atoms with Crippen molar-refractivity contribution >= 4 is 33.0 Å². The number of hydrogen-bond acceptors (Lipinski definition) is 8. The van der Waals surface area contributed by atoms with E-state index in [1.54, 1.807) is 12.4 Å². The van der Waals surface area contributed by atoms with Gasteiger partial charge in [-0.15, -0.1) is 11.3 Å². The predicted octanol–water partition coefficient (Wildman–Crippen LogP) is 1.95. The van der Waals surface area contributed by atoms with Crippen LogP contribution in [-0.4, -0.2) is 54.8 Å². The fraction of sp³-hybridized carbons (Fsp3) is 0.412. The molecule has 1 aliphatic rings. The number of aromatic nitrogens is 1. The Hall–Kier alpha value is -2.57.